The first-order valence-electron chi connectivity index (χ1n) is 10.7. The smallest absolute Gasteiger partial charge is 1.00 e. The molecule has 0 aliphatic heterocycles. The van der Waals surface area contributed by atoms with Crippen LogP contribution in [0.2, 0.25) is 13.1 Å². The van der Waals surface area contributed by atoms with Crippen molar-refractivity contribution in [3.05, 3.63) is 64.7 Å². The molecule has 0 heterocycles. The van der Waals surface area contributed by atoms with Gasteiger partial charge in [-0.2, -0.15) is 0 Å². The molecule has 0 bridgehead atoms. The van der Waals surface area contributed by atoms with Crippen LogP contribution in [-0.4, -0.2) is 5.92 Å². The van der Waals surface area contributed by atoms with E-state index in [2.05, 4.69) is 68.6 Å². The van der Waals surface area contributed by atoms with Crippen molar-refractivity contribution in [2.75, 3.05) is 0 Å². The summed E-state index contributed by atoms with van der Waals surface area (Å²) >= 11 is -0.338. The number of hydrogen-bond acceptors (Lipinski definition) is 0. The van der Waals surface area contributed by atoms with E-state index in [1.807, 2.05) is 0 Å². The number of fused-ring (bicyclic) bond motifs is 1. The van der Waals surface area contributed by atoms with E-state index >= 15 is 0 Å². The largest absolute Gasteiger partial charge is 1.00 e. The second-order valence-corrected chi connectivity index (χ2v) is 21.6. The van der Waals surface area contributed by atoms with E-state index in [4.69, 9.17) is 0 Å². The summed E-state index contributed by atoms with van der Waals surface area (Å²) in [4.78, 5) is 0. The summed E-state index contributed by atoms with van der Waals surface area (Å²) in [5.74, 6) is 0.732. The van der Waals surface area contributed by atoms with Gasteiger partial charge in [0.25, 0.3) is 0 Å². The van der Waals surface area contributed by atoms with Gasteiger partial charge in [0.05, 0.1) is 0 Å². The third kappa shape index (κ3) is 5.57. The van der Waals surface area contributed by atoms with Crippen LogP contribution in [0.3, 0.4) is 0 Å². The van der Waals surface area contributed by atoms with E-state index in [1.165, 1.54) is 55.2 Å². The van der Waals surface area contributed by atoms with Crippen LogP contribution in [0.4, 0.5) is 0 Å². The topological polar surface area (TPSA) is 0 Å². The van der Waals surface area contributed by atoms with Gasteiger partial charge in [-0.15, -0.1) is 0 Å². The van der Waals surface area contributed by atoms with Crippen LogP contribution >= 0.6 is 0 Å². The molecule has 0 N–H and O–H groups in total. The molecule has 29 heavy (non-hydrogen) atoms. The summed E-state index contributed by atoms with van der Waals surface area (Å²) in [6, 6.07) is 16.7. The molecule has 1 unspecified atom stereocenters. The zero-order valence-electron chi connectivity index (χ0n) is 17.8. The van der Waals surface area contributed by atoms with Crippen LogP contribution in [0, 0.1) is 0 Å². The van der Waals surface area contributed by atoms with Gasteiger partial charge in [-0.3, -0.25) is 0 Å². The Kier molecular flexibility index (Phi) is 9.94. The number of allylic oxidation sites excluding steroid dienone is 1. The molecule has 1 radical (unpaired) electrons. The first-order chi connectivity index (χ1) is 13.2. The molecule has 0 amide bonds. The molecule has 1 fully saturated rings. The Morgan fingerprint density at radius 1 is 0.931 bits per heavy atom. The second kappa shape index (κ2) is 11.5. The predicted octanol–water partition coefficient (Wildman–Crippen LogP) is 1.59. The fourth-order valence-electron chi connectivity index (χ4n) is 4.85. The maximum absolute atomic E-state index is 2.55. The third-order valence-electron chi connectivity index (χ3n) is 6.29. The SMILES string of the molecule is CCC1=Cc2c(-c3ccc(C4CCCCC4)cc3)cccc2[CH]1[Zr+2][Si](C)C.[Cl-].[Cl-]. The minimum atomic E-state index is -0.338. The standard InChI is InChI=1S/C23H25.C2H6Si.2ClH.Zr/c1-2-17-15-21-9-6-10-22(23(21)16-17)20-13-11-19(12-14-20)18-7-4-3-5-8-18;1-3-2;;;/h6,9-16,18H,2-5,7-8H2,1H3;1-2H3;2*1H;/q;;;;+2/p-2. The average molecular weight is 522 g/mol. The molecule has 2 aromatic carbocycles. The Labute approximate surface area is 201 Å². The van der Waals surface area contributed by atoms with Gasteiger partial charge in [0, 0.05) is 0 Å². The van der Waals surface area contributed by atoms with Crippen LogP contribution in [0.25, 0.3) is 17.2 Å². The van der Waals surface area contributed by atoms with Crippen molar-refractivity contribution < 1.29 is 47.2 Å². The predicted molar refractivity (Wildman–Crippen MR) is 116 cm³/mol. The van der Waals surface area contributed by atoms with Gasteiger partial charge in [-0.1, -0.05) is 0 Å². The van der Waals surface area contributed by atoms with Gasteiger partial charge in [0.2, 0.25) is 0 Å². The van der Waals surface area contributed by atoms with Crippen LogP contribution in [0.5, 0.6) is 0 Å². The molecule has 1 saturated carbocycles. The number of hydrogen-bond donors (Lipinski definition) is 0. The Morgan fingerprint density at radius 3 is 2.24 bits per heavy atom. The van der Waals surface area contributed by atoms with Crippen molar-refractivity contribution in [1.82, 2.24) is 0 Å². The minimum Gasteiger partial charge on any atom is -1.00 e. The van der Waals surface area contributed by atoms with E-state index in [0.29, 0.717) is 0 Å². The molecule has 2 aliphatic carbocycles. The van der Waals surface area contributed by atoms with E-state index in [9.17, 15) is 0 Å². The molecule has 0 spiro atoms. The Morgan fingerprint density at radius 2 is 1.62 bits per heavy atom. The summed E-state index contributed by atoms with van der Waals surface area (Å²) in [7, 11) is 0. The second-order valence-electron chi connectivity index (χ2n) is 8.42. The fraction of sp³-hybridized carbons (Fsp3) is 0.440. The average Bonchev–Trinajstić information content (AvgIpc) is 3.06. The quantitative estimate of drug-likeness (QED) is 0.525. The summed E-state index contributed by atoms with van der Waals surface area (Å²) < 4.78 is 0.832. The van der Waals surface area contributed by atoms with Crippen molar-refractivity contribution in [3.8, 4) is 11.1 Å². The Bertz CT molecular complexity index is 823. The maximum Gasteiger partial charge on any atom is -1.00 e. The maximum atomic E-state index is 2.55. The summed E-state index contributed by atoms with van der Waals surface area (Å²) in [5, 5.41) is 0. The van der Waals surface area contributed by atoms with Gasteiger partial charge in [-0.05, 0) is 0 Å². The molecular formula is C25H31Cl2SiZr. The van der Waals surface area contributed by atoms with Gasteiger partial charge in [-0.25, -0.2) is 0 Å². The fourth-order valence-corrected chi connectivity index (χ4v) is 13.9. The van der Waals surface area contributed by atoms with Crippen molar-refractivity contribution in [2.24, 2.45) is 0 Å². The van der Waals surface area contributed by atoms with Crippen molar-refractivity contribution in [3.63, 3.8) is 0 Å². The first-order valence-corrected chi connectivity index (χ1v) is 18.3. The molecule has 0 aromatic heterocycles. The third-order valence-corrected chi connectivity index (χ3v) is 15.2. The monoisotopic (exact) mass is 519 g/mol. The molecule has 4 heteroatoms. The molecule has 153 valence electrons. The Hall–Kier alpha value is -0.140. The van der Waals surface area contributed by atoms with Gasteiger partial charge >= 0.3 is 178 Å². The van der Waals surface area contributed by atoms with E-state index < -0.39 is 0 Å². The molecular weight excluding hydrogens is 490 g/mol. The van der Waals surface area contributed by atoms with Gasteiger partial charge in [0.1, 0.15) is 0 Å². The van der Waals surface area contributed by atoms with Crippen LogP contribution in [0.15, 0.2) is 48.0 Å². The number of benzene rings is 2. The van der Waals surface area contributed by atoms with Crippen molar-refractivity contribution >= 4 is 12.0 Å². The molecule has 2 aromatic rings. The number of rotatable bonds is 5. The molecule has 2 aliphatic rings. The van der Waals surface area contributed by atoms with Crippen molar-refractivity contribution in [1.29, 1.82) is 0 Å². The van der Waals surface area contributed by atoms with Gasteiger partial charge < -0.3 is 24.8 Å². The molecule has 0 nitrogen and oxygen atoms in total. The van der Waals surface area contributed by atoms with Crippen LogP contribution in [-0.2, 0) is 22.4 Å². The van der Waals surface area contributed by atoms with E-state index in [-0.39, 0.29) is 53.1 Å². The molecule has 1 atom stereocenters. The van der Waals surface area contributed by atoms with Crippen LogP contribution < -0.4 is 24.8 Å². The van der Waals surface area contributed by atoms with Gasteiger partial charge in [0.15, 0.2) is 0 Å². The van der Waals surface area contributed by atoms with Crippen molar-refractivity contribution in [2.45, 2.75) is 68.1 Å². The summed E-state index contributed by atoms with van der Waals surface area (Å²) in [5.41, 5.74) is 9.33. The van der Waals surface area contributed by atoms with E-state index in [0.717, 1.165) is 9.54 Å². The molecule has 4 rings (SSSR count). The minimum absolute atomic E-state index is 0. The first kappa shape index (κ1) is 25.1. The molecule has 0 saturated heterocycles. The Balaban J connectivity index is 0.00000150. The summed E-state index contributed by atoms with van der Waals surface area (Å²) in [6.07, 6.45) is 10.8. The number of halogens is 2. The normalized spacial score (nSPS) is 18.3. The zero-order valence-corrected chi connectivity index (χ0v) is 22.7. The van der Waals surface area contributed by atoms with Crippen LogP contribution in [0.1, 0.15) is 71.7 Å². The summed E-state index contributed by atoms with van der Waals surface area (Å²) in [6.45, 7) is 7.40. The zero-order chi connectivity index (χ0) is 18.8. The van der Waals surface area contributed by atoms with E-state index in [1.54, 1.807) is 16.7 Å².